The molecule has 3 heterocycles. The fourth-order valence-electron chi connectivity index (χ4n) is 7.60. The van der Waals surface area contributed by atoms with Gasteiger partial charge in [0.25, 0.3) is 0 Å². The Labute approximate surface area is 312 Å². The number of imidazole rings is 1. The van der Waals surface area contributed by atoms with E-state index in [0.29, 0.717) is 11.5 Å². The van der Waals surface area contributed by atoms with Crippen LogP contribution in [0.4, 0.5) is 0 Å². The van der Waals surface area contributed by atoms with E-state index >= 15 is 0 Å². The fraction of sp³-hybridized carbons (Fsp3) is 0.200. The number of aromatic nitrogens is 4. The monoisotopic (exact) mass is 847 g/mol. The van der Waals surface area contributed by atoms with Gasteiger partial charge in [0, 0.05) is 6.20 Å². The molecule has 0 radical (unpaired) electrons. The van der Waals surface area contributed by atoms with E-state index in [2.05, 4.69) is 134 Å². The van der Waals surface area contributed by atoms with Crippen LogP contribution in [0.15, 0.2) is 115 Å². The van der Waals surface area contributed by atoms with E-state index in [-0.39, 0.29) is 11.5 Å². The first-order chi connectivity index (χ1) is 25.7. The van der Waals surface area contributed by atoms with Crippen molar-refractivity contribution in [1.29, 1.82) is 0 Å². The van der Waals surface area contributed by atoms with Crippen LogP contribution in [-0.2, 0) is 38.2 Å². The van der Waals surface area contributed by atoms with E-state index in [9.17, 15) is 0 Å². The number of para-hydroxylation sites is 2. The van der Waals surface area contributed by atoms with Crippen LogP contribution >= 0.6 is 0 Å². The molecular formula is C45H38N4OPt-2. The Morgan fingerprint density at radius 3 is 2.41 bits per heavy atom. The molecule has 0 amide bonds. The summed E-state index contributed by atoms with van der Waals surface area (Å²) in [6.07, 6.45) is 4.86. The molecule has 1 unspecified atom stereocenters. The summed E-state index contributed by atoms with van der Waals surface area (Å²) in [5.74, 6) is 2.08. The number of pyridine rings is 1. The number of benzene rings is 5. The molecule has 8 aromatic rings. The minimum atomic E-state index is -1.15. The van der Waals surface area contributed by atoms with Crippen molar-refractivity contribution < 1.29 is 26.8 Å². The molecule has 6 heteroatoms. The second-order valence-electron chi connectivity index (χ2n) is 14.4. The topological polar surface area (TPSA) is 36.9 Å². The van der Waals surface area contributed by atoms with Crippen LogP contribution in [0, 0.1) is 15.9 Å². The third-order valence-electron chi connectivity index (χ3n) is 10.2. The van der Waals surface area contributed by atoms with Crippen molar-refractivity contribution in [2.24, 2.45) is 7.00 Å². The molecule has 5 aromatic carbocycles. The summed E-state index contributed by atoms with van der Waals surface area (Å²) in [6, 6.07) is 45.1. The van der Waals surface area contributed by atoms with E-state index < -0.39 is 7.00 Å². The predicted octanol–water partition coefficient (Wildman–Crippen LogP) is 10.8. The van der Waals surface area contributed by atoms with Crippen LogP contribution in [0.5, 0.6) is 11.5 Å². The number of hydrogen-bond donors (Lipinski definition) is 0. The molecule has 256 valence electrons. The zero-order valence-electron chi connectivity index (χ0n) is 30.8. The molecule has 5 nitrogen and oxygen atoms in total. The first-order valence-electron chi connectivity index (χ1n) is 18.6. The van der Waals surface area contributed by atoms with E-state index in [1.54, 1.807) is 4.57 Å². The van der Waals surface area contributed by atoms with Gasteiger partial charge >= 0.3 is 199 Å². The first kappa shape index (κ1) is 29.7. The zero-order valence-corrected chi connectivity index (χ0v) is 31.0. The molecule has 0 spiro atoms. The van der Waals surface area contributed by atoms with Crippen molar-refractivity contribution in [3.63, 3.8) is 0 Å². The number of ether oxygens (including phenoxy) is 1. The maximum absolute atomic E-state index is 8.30. The van der Waals surface area contributed by atoms with Crippen LogP contribution in [0.1, 0.15) is 59.1 Å². The number of hydrogen-bond acceptors (Lipinski definition) is 2. The molecule has 1 aliphatic carbocycles. The number of fused-ring (bicyclic) bond motifs is 5. The van der Waals surface area contributed by atoms with Crippen molar-refractivity contribution in [3.8, 4) is 28.4 Å². The van der Waals surface area contributed by atoms with Gasteiger partial charge in [-0.3, -0.25) is 0 Å². The van der Waals surface area contributed by atoms with Gasteiger partial charge in [-0.25, -0.2) is 4.98 Å². The van der Waals surface area contributed by atoms with Gasteiger partial charge in [0.05, 0.1) is 0 Å². The van der Waals surface area contributed by atoms with Crippen molar-refractivity contribution >= 4 is 32.8 Å². The molecule has 51 heavy (non-hydrogen) atoms. The maximum atomic E-state index is 8.30. The van der Waals surface area contributed by atoms with Gasteiger partial charge in [-0.05, 0) is 40.3 Å². The summed E-state index contributed by atoms with van der Waals surface area (Å²) in [5, 5.41) is 2.20. The molecule has 0 saturated carbocycles. The molecule has 0 N–H and O–H groups in total. The summed E-state index contributed by atoms with van der Waals surface area (Å²) in [6.45, 7) is 5.52. The number of rotatable bonds is 5. The van der Waals surface area contributed by atoms with Crippen molar-refractivity contribution in [1.82, 2.24) is 18.7 Å². The average molecular weight is 848 g/mol. The molecule has 0 fully saturated rings. The van der Waals surface area contributed by atoms with Gasteiger partial charge in [0.15, 0.2) is 0 Å². The van der Waals surface area contributed by atoms with Crippen molar-refractivity contribution in [3.05, 3.63) is 148 Å². The molecule has 0 saturated heterocycles. The molecule has 0 bridgehead atoms. The Bertz CT molecular complexity index is 2740. The van der Waals surface area contributed by atoms with Crippen molar-refractivity contribution in [2.45, 2.75) is 51.5 Å². The summed E-state index contributed by atoms with van der Waals surface area (Å²) in [7, 11) is 0. The van der Waals surface area contributed by atoms with E-state index in [4.69, 9.17) is 12.5 Å². The van der Waals surface area contributed by atoms with Gasteiger partial charge in [0.1, 0.15) is 0 Å². The Kier molecular flexibility index (Phi) is 7.20. The third-order valence-corrected chi connectivity index (χ3v) is 11.3. The SMILES string of the molecule is [2H]C([2H])n1[c](=[Pt])n(C2CCCc3ccc(Oc4[c-]c5c(cc4)c4cc(-c6ccccc6)ccc4n5-c4cc(C(C)(C)C)ccn4)[c-]c32)c2ccccc21. The fourth-order valence-corrected chi connectivity index (χ4v) is 8.50. The molecule has 1 atom stereocenters. The summed E-state index contributed by atoms with van der Waals surface area (Å²) in [5.41, 5.74) is 9.71. The molecule has 1 aliphatic rings. The molecule has 0 aliphatic heterocycles. The summed E-state index contributed by atoms with van der Waals surface area (Å²) < 4.78 is 30.4. The number of aryl methyl sites for hydroxylation is 2. The van der Waals surface area contributed by atoms with Crippen LogP contribution in [0.2, 0.25) is 0 Å². The minimum absolute atomic E-state index is 0.00803. The quantitative estimate of drug-likeness (QED) is 0.162. The van der Waals surface area contributed by atoms with E-state index in [1.807, 2.05) is 42.6 Å². The van der Waals surface area contributed by atoms with Crippen LogP contribution in [0.25, 0.3) is 49.8 Å². The summed E-state index contributed by atoms with van der Waals surface area (Å²) in [4.78, 5) is 4.88. The Morgan fingerprint density at radius 2 is 1.59 bits per heavy atom. The van der Waals surface area contributed by atoms with Gasteiger partial charge in [-0.2, -0.15) is 0 Å². The van der Waals surface area contributed by atoms with Gasteiger partial charge in [-0.1, -0.05) is 63.2 Å². The third kappa shape index (κ3) is 5.50. The Hall–Kier alpha value is -4.99. The predicted molar refractivity (Wildman–Crippen MR) is 202 cm³/mol. The second-order valence-corrected chi connectivity index (χ2v) is 15.4. The normalized spacial score (nSPS) is 15.4. The standard InChI is InChI=1S/C45H38N4O.Pt/c1-45(2,3)33-23-24-46-44(26-33)49-40-22-18-32(30-11-6-5-7-12-30)25-38(40)36-21-20-35(28-43(36)49)50-34-19-17-31-13-10-16-39(37(31)27-34)48-29-47(4)41-14-8-9-15-42(41)48;/h5-9,11-12,14-15,17-26,39H,10,13,16H2,1-4H3;/q-2;/i4D2;. The van der Waals surface area contributed by atoms with Crippen LogP contribution in [-0.4, -0.2) is 18.7 Å². The van der Waals surface area contributed by atoms with Gasteiger partial charge in [0.2, 0.25) is 0 Å². The molecule has 3 aromatic heterocycles. The average Bonchev–Trinajstić information content (AvgIpc) is 3.65. The second kappa shape index (κ2) is 12.4. The molecular weight excluding hydrogens is 808 g/mol. The Balaban J connectivity index is 1.16. The van der Waals surface area contributed by atoms with Gasteiger partial charge < -0.3 is 0 Å². The van der Waals surface area contributed by atoms with E-state index in [0.717, 1.165) is 72.9 Å². The van der Waals surface area contributed by atoms with Crippen molar-refractivity contribution in [2.75, 3.05) is 0 Å². The number of nitrogens with zero attached hydrogens (tertiary/aromatic N) is 4. The van der Waals surface area contributed by atoms with Gasteiger partial charge in [-0.15, -0.1) is 0 Å². The summed E-state index contributed by atoms with van der Waals surface area (Å²) >= 11 is 2.28. The van der Waals surface area contributed by atoms with E-state index in [1.165, 1.54) is 16.7 Å². The zero-order chi connectivity index (χ0) is 36.4. The van der Waals surface area contributed by atoms with Crippen LogP contribution < -0.4 is 4.74 Å². The van der Waals surface area contributed by atoms with Crippen LogP contribution in [0.3, 0.4) is 0 Å². The Morgan fingerprint density at radius 1 is 0.804 bits per heavy atom. The first-order valence-corrected chi connectivity index (χ1v) is 18.6. The molecule has 9 rings (SSSR count).